The molecule has 1 amide bonds. The van der Waals surface area contributed by atoms with E-state index in [2.05, 4.69) is 25.3 Å². The summed E-state index contributed by atoms with van der Waals surface area (Å²) in [6.07, 6.45) is -3.19. The van der Waals surface area contributed by atoms with Gasteiger partial charge in [-0.15, -0.1) is 13.2 Å². The van der Waals surface area contributed by atoms with Crippen molar-refractivity contribution in [3.8, 4) is 16.9 Å². The number of carbonyl (C=O) groups excluding carboxylic acids is 1. The minimum absolute atomic E-state index is 0.0572. The van der Waals surface area contributed by atoms with E-state index in [-0.39, 0.29) is 28.7 Å². The predicted molar refractivity (Wildman–Crippen MR) is 103 cm³/mol. The average Bonchev–Trinajstić information content (AvgIpc) is 3.10. The van der Waals surface area contributed by atoms with Crippen LogP contribution in [0.1, 0.15) is 12.0 Å². The summed E-state index contributed by atoms with van der Waals surface area (Å²) in [5, 5.41) is 13.1. The lowest BCUT2D eigenvalue weighted by atomic mass is 9.96. The number of aromatic nitrogens is 4. The number of H-pyrrole nitrogens is 1. The van der Waals surface area contributed by atoms with Crippen LogP contribution in [0.25, 0.3) is 27.5 Å². The second kappa shape index (κ2) is 6.90. The molecule has 2 N–H and O–H groups in total. The van der Waals surface area contributed by atoms with E-state index in [1.807, 2.05) is 0 Å². The van der Waals surface area contributed by atoms with Gasteiger partial charge in [0.05, 0.1) is 17.6 Å². The number of ether oxygens (including phenoxy) is 1. The summed E-state index contributed by atoms with van der Waals surface area (Å²) in [5.74, 6) is -3.06. The van der Waals surface area contributed by atoms with Crippen LogP contribution in [-0.4, -0.2) is 38.3 Å². The van der Waals surface area contributed by atoms with Crippen molar-refractivity contribution in [2.45, 2.75) is 25.9 Å². The molecule has 0 radical (unpaired) electrons. The van der Waals surface area contributed by atoms with Crippen molar-refractivity contribution in [1.29, 1.82) is 0 Å². The Kier molecular flexibility index (Phi) is 4.36. The highest BCUT2D eigenvalue weighted by Gasteiger charge is 2.43. The van der Waals surface area contributed by atoms with Gasteiger partial charge in [-0.05, 0) is 42.2 Å². The van der Waals surface area contributed by atoms with Crippen molar-refractivity contribution >= 4 is 28.1 Å². The molecule has 32 heavy (non-hydrogen) atoms. The van der Waals surface area contributed by atoms with Crippen LogP contribution < -0.4 is 10.1 Å². The lowest BCUT2D eigenvalue weighted by Gasteiger charge is -2.15. The molecule has 12 heteroatoms. The molecule has 2 atom stereocenters. The first-order valence-electron chi connectivity index (χ1n) is 9.48. The van der Waals surface area contributed by atoms with E-state index in [9.17, 15) is 26.7 Å². The molecule has 0 bridgehead atoms. The quantitative estimate of drug-likeness (QED) is 0.447. The number of hydrogen-bond acceptors (Lipinski definition) is 4. The second-order valence-corrected chi connectivity index (χ2v) is 7.51. The van der Waals surface area contributed by atoms with Crippen LogP contribution in [0.4, 0.5) is 27.8 Å². The summed E-state index contributed by atoms with van der Waals surface area (Å²) in [4.78, 5) is 11.9. The Balaban J connectivity index is 1.57. The van der Waals surface area contributed by atoms with Crippen LogP contribution in [0.2, 0.25) is 0 Å². The number of anilines is 1. The normalized spacial score (nSPS) is 18.3. The van der Waals surface area contributed by atoms with E-state index >= 15 is 0 Å². The van der Waals surface area contributed by atoms with Crippen LogP contribution in [-0.2, 0) is 4.79 Å². The molecule has 4 aromatic rings. The molecule has 1 fully saturated rings. The van der Waals surface area contributed by atoms with Crippen molar-refractivity contribution in [2.75, 3.05) is 5.32 Å². The van der Waals surface area contributed by atoms with E-state index in [4.69, 9.17) is 0 Å². The topological polar surface area (TPSA) is 84.3 Å². The van der Waals surface area contributed by atoms with Crippen molar-refractivity contribution in [1.82, 2.24) is 19.8 Å². The predicted octanol–water partition coefficient (Wildman–Crippen LogP) is 4.52. The van der Waals surface area contributed by atoms with Crippen molar-refractivity contribution < 1.29 is 31.5 Å². The van der Waals surface area contributed by atoms with Crippen molar-refractivity contribution in [2.24, 2.45) is 5.92 Å². The summed E-state index contributed by atoms with van der Waals surface area (Å²) in [6.45, 7) is 1.34. The maximum Gasteiger partial charge on any atom is 0.573 e. The third-order valence-electron chi connectivity index (χ3n) is 5.31. The van der Waals surface area contributed by atoms with Gasteiger partial charge in [0.15, 0.2) is 17.4 Å². The number of nitrogens with one attached hydrogen (secondary N) is 2. The minimum atomic E-state index is -5.08. The molecular formula is C20H14F5N5O2. The van der Waals surface area contributed by atoms with E-state index in [1.54, 1.807) is 24.4 Å². The second-order valence-electron chi connectivity index (χ2n) is 7.51. The monoisotopic (exact) mass is 451 g/mol. The third kappa shape index (κ3) is 3.41. The third-order valence-corrected chi connectivity index (χ3v) is 5.31. The van der Waals surface area contributed by atoms with E-state index in [0.29, 0.717) is 16.6 Å². The Hall–Kier alpha value is -3.70. The average molecular weight is 451 g/mol. The fourth-order valence-electron chi connectivity index (χ4n) is 3.69. The fourth-order valence-corrected chi connectivity index (χ4v) is 3.69. The lowest BCUT2D eigenvalue weighted by molar-refractivity contribution is -0.275. The van der Waals surface area contributed by atoms with E-state index < -0.39 is 35.9 Å². The highest BCUT2D eigenvalue weighted by Crippen LogP contribution is 2.41. The van der Waals surface area contributed by atoms with Crippen LogP contribution in [0.5, 0.6) is 5.75 Å². The molecule has 5 rings (SSSR count). The smallest absolute Gasteiger partial charge is 0.400 e. The Labute approximate surface area is 176 Å². The summed E-state index contributed by atoms with van der Waals surface area (Å²) >= 11 is 0. The first-order valence-corrected chi connectivity index (χ1v) is 9.48. The maximum atomic E-state index is 14.9. The number of pyridine rings is 1. The van der Waals surface area contributed by atoms with E-state index in [0.717, 1.165) is 0 Å². The zero-order valence-corrected chi connectivity index (χ0v) is 16.3. The SMILES string of the molecule is Cc1c(F)c(OC(F)(F)F)c2[nH]ncc2c1-c1ccn2nc(NC(=O)[C@@H]3C[C@@H]3F)cc2c1. The Bertz CT molecular complexity index is 1380. The number of alkyl halides is 4. The fraction of sp³-hybridized carbons (Fsp3) is 0.250. The lowest BCUT2D eigenvalue weighted by Crippen LogP contribution is -2.18. The van der Waals surface area contributed by atoms with Gasteiger partial charge >= 0.3 is 6.36 Å². The van der Waals surface area contributed by atoms with Gasteiger partial charge in [0.2, 0.25) is 5.91 Å². The van der Waals surface area contributed by atoms with Gasteiger partial charge in [-0.1, -0.05) is 0 Å². The molecule has 1 aromatic carbocycles. The summed E-state index contributed by atoms with van der Waals surface area (Å²) in [5.41, 5.74) is 1.05. The molecule has 3 heterocycles. The Morgan fingerprint density at radius 1 is 1.34 bits per heavy atom. The number of halogens is 5. The van der Waals surface area contributed by atoms with Gasteiger partial charge in [-0.2, -0.15) is 10.2 Å². The van der Waals surface area contributed by atoms with Crippen molar-refractivity contribution in [3.63, 3.8) is 0 Å². The molecule has 1 aliphatic carbocycles. The molecule has 3 aromatic heterocycles. The molecule has 1 saturated carbocycles. The highest BCUT2D eigenvalue weighted by atomic mass is 19.4. The molecule has 0 saturated heterocycles. The number of aromatic amines is 1. The number of benzene rings is 1. The number of fused-ring (bicyclic) bond motifs is 2. The van der Waals surface area contributed by atoms with Crippen LogP contribution >= 0.6 is 0 Å². The van der Waals surface area contributed by atoms with Gasteiger partial charge < -0.3 is 10.1 Å². The van der Waals surface area contributed by atoms with Gasteiger partial charge in [0, 0.05) is 17.6 Å². The minimum Gasteiger partial charge on any atom is -0.400 e. The van der Waals surface area contributed by atoms with Crippen molar-refractivity contribution in [3.05, 3.63) is 42.0 Å². The molecule has 166 valence electrons. The molecular weight excluding hydrogens is 437 g/mol. The zero-order valence-electron chi connectivity index (χ0n) is 16.3. The van der Waals surface area contributed by atoms with Gasteiger partial charge in [0.1, 0.15) is 11.7 Å². The highest BCUT2D eigenvalue weighted by molar-refractivity contribution is 6.00. The van der Waals surface area contributed by atoms with Gasteiger partial charge in [-0.3, -0.25) is 9.89 Å². The summed E-state index contributed by atoms with van der Waals surface area (Å²) in [6, 6.07) is 4.79. The van der Waals surface area contributed by atoms with Gasteiger partial charge in [0.25, 0.3) is 0 Å². The Morgan fingerprint density at radius 3 is 2.78 bits per heavy atom. The zero-order chi connectivity index (χ0) is 22.8. The first kappa shape index (κ1) is 20.2. The number of nitrogens with zero attached hydrogens (tertiary/aromatic N) is 3. The summed E-state index contributed by atoms with van der Waals surface area (Å²) in [7, 11) is 0. The van der Waals surface area contributed by atoms with Gasteiger partial charge in [-0.25, -0.2) is 13.3 Å². The maximum absolute atomic E-state index is 14.9. The molecule has 0 aliphatic heterocycles. The number of amides is 1. The molecule has 0 spiro atoms. The molecule has 0 unspecified atom stereocenters. The Morgan fingerprint density at radius 2 is 2.09 bits per heavy atom. The van der Waals surface area contributed by atoms with Crippen LogP contribution in [0.3, 0.4) is 0 Å². The van der Waals surface area contributed by atoms with Crippen LogP contribution in [0.15, 0.2) is 30.6 Å². The summed E-state index contributed by atoms with van der Waals surface area (Å²) < 4.78 is 71.6. The number of rotatable bonds is 4. The number of carbonyl (C=O) groups is 1. The number of hydrogen-bond donors (Lipinski definition) is 2. The standard InChI is InChI=1S/C20H14F5N5O2/c1-8-15(12-7-26-28-17(12)18(16(8)22)32-20(23,24)25)9-2-3-30-10(4-9)5-14(29-30)27-19(31)11-6-13(11)21/h2-5,7,11,13H,6H2,1H3,(H,26,28)(H,27,29,31)/t11-,13+/m1/s1. The largest absolute Gasteiger partial charge is 0.573 e. The van der Waals surface area contributed by atoms with Crippen LogP contribution in [0, 0.1) is 18.7 Å². The molecule has 1 aliphatic rings. The first-order chi connectivity index (χ1) is 15.1. The van der Waals surface area contributed by atoms with E-state index in [1.165, 1.54) is 17.6 Å². The molecule has 7 nitrogen and oxygen atoms in total.